The lowest BCUT2D eigenvalue weighted by atomic mass is 9.65. The molecule has 1 spiro atoms. The minimum Gasteiger partial charge on any atom is -0.390 e. The zero-order valence-electron chi connectivity index (χ0n) is 21.4. The molecule has 9 heteroatoms. The van der Waals surface area contributed by atoms with Gasteiger partial charge in [0.05, 0.1) is 22.2 Å². The lowest BCUT2D eigenvalue weighted by Gasteiger charge is -2.43. The van der Waals surface area contributed by atoms with Crippen molar-refractivity contribution < 1.29 is 19.1 Å². The van der Waals surface area contributed by atoms with Crippen LogP contribution in [0.15, 0.2) is 60.8 Å². The van der Waals surface area contributed by atoms with Gasteiger partial charge in [0, 0.05) is 22.9 Å². The molecule has 4 atom stereocenters. The average molecular weight is 526 g/mol. The molecule has 2 aromatic heterocycles. The number of aliphatic hydroxyl groups is 1. The van der Waals surface area contributed by atoms with Gasteiger partial charge in [-0.15, -0.1) is 0 Å². The number of fused-ring (bicyclic) bond motifs is 2. The Morgan fingerprint density at radius 1 is 1.05 bits per heavy atom. The van der Waals surface area contributed by atoms with Gasteiger partial charge in [-0.05, 0) is 92.0 Å². The average Bonchev–Trinajstić information content (AvgIpc) is 3.23. The number of H-pyrrole nitrogens is 1. The van der Waals surface area contributed by atoms with Crippen molar-refractivity contribution >= 4 is 34.4 Å². The third-order valence-electron chi connectivity index (χ3n) is 8.81. The number of halogens is 1. The van der Waals surface area contributed by atoms with Gasteiger partial charge in [0.15, 0.2) is 0 Å². The molecule has 0 saturated heterocycles. The van der Waals surface area contributed by atoms with E-state index in [0.717, 1.165) is 25.7 Å². The van der Waals surface area contributed by atoms with Crippen molar-refractivity contribution in [3.63, 3.8) is 0 Å². The van der Waals surface area contributed by atoms with Gasteiger partial charge in [0.25, 0.3) is 5.91 Å². The van der Waals surface area contributed by atoms with Crippen LogP contribution in [-0.2, 0) is 4.79 Å². The number of pyridine rings is 1. The molecule has 2 amide bonds. The Hall–Kier alpha value is -4.11. The number of carbonyl (C=O) groups is 2. The first kappa shape index (κ1) is 24.0. The number of anilines is 2. The van der Waals surface area contributed by atoms with Gasteiger partial charge in [0.1, 0.15) is 17.5 Å². The van der Waals surface area contributed by atoms with E-state index in [-0.39, 0.29) is 22.8 Å². The first-order valence-electron chi connectivity index (χ1n) is 13.2. The molecule has 7 rings (SSSR count). The maximum Gasteiger partial charge on any atom is 0.256 e. The molecule has 2 aromatic carbocycles. The van der Waals surface area contributed by atoms with Gasteiger partial charge in [-0.2, -0.15) is 0 Å². The number of aromatic amines is 1. The van der Waals surface area contributed by atoms with E-state index in [2.05, 4.69) is 25.6 Å². The van der Waals surface area contributed by atoms with Gasteiger partial charge >= 0.3 is 0 Å². The first-order chi connectivity index (χ1) is 18.6. The standard InChI is InChI=1S/C30H28FN5O3/c1-28(14-29-12-18(29)13-30(39,15-28)16-29)27(38)33-19-6-7-20(21(31)11-19)25-34-22-8-5-17(10-23(22)35-25)26(37)36-24-4-2-3-9-32-24/h2-11,18,39H,12-16H2,1H3,(H,33,38)(H,34,35)(H,32,36,37). The highest BCUT2D eigenvalue weighted by Gasteiger charge is 2.71. The quantitative estimate of drug-likeness (QED) is 0.282. The van der Waals surface area contributed by atoms with Crippen molar-refractivity contribution in [3.05, 3.63) is 72.2 Å². The summed E-state index contributed by atoms with van der Waals surface area (Å²) in [5.74, 6) is 0.262. The lowest BCUT2D eigenvalue weighted by molar-refractivity contribution is -0.134. The summed E-state index contributed by atoms with van der Waals surface area (Å²) in [4.78, 5) is 37.6. The fourth-order valence-electron chi connectivity index (χ4n) is 7.23. The Bertz CT molecular complexity index is 1650. The molecule has 3 aliphatic carbocycles. The molecule has 8 nitrogen and oxygen atoms in total. The smallest absolute Gasteiger partial charge is 0.256 e. The number of rotatable bonds is 5. The van der Waals surface area contributed by atoms with Crippen LogP contribution >= 0.6 is 0 Å². The molecule has 0 aliphatic heterocycles. The van der Waals surface area contributed by atoms with Gasteiger partial charge < -0.3 is 20.7 Å². The molecule has 3 aliphatic rings. The van der Waals surface area contributed by atoms with Crippen LogP contribution in [0.4, 0.5) is 15.9 Å². The number of benzene rings is 2. The fraction of sp³-hybridized carbons (Fsp3) is 0.333. The number of carbonyl (C=O) groups excluding carboxylic acids is 2. The summed E-state index contributed by atoms with van der Waals surface area (Å²) < 4.78 is 15.2. The normalized spacial score (nSPS) is 28.6. The SMILES string of the molecule is CC1(C(=O)Nc2ccc(-c3nc4ccc(C(=O)Nc5ccccn5)cc4[nH]3)c(F)c2)CC2(O)CC3CC3(C2)C1. The Labute approximate surface area is 224 Å². The number of aromatic nitrogens is 3. The van der Waals surface area contributed by atoms with Gasteiger partial charge in [-0.3, -0.25) is 9.59 Å². The summed E-state index contributed by atoms with van der Waals surface area (Å²) in [6, 6.07) is 14.8. The molecule has 4 unspecified atom stereocenters. The number of imidazole rings is 1. The number of amides is 2. The minimum absolute atomic E-state index is 0.106. The Morgan fingerprint density at radius 2 is 1.92 bits per heavy atom. The van der Waals surface area contributed by atoms with Crippen molar-refractivity contribution in [2.24, 2.45) is 16.7 Å². The molecule has 2 bridgehead atoms. The summed E-state index contributed by atoms with van der Waals surface area (Å²) in [6.07, 6.45) is 5.47. The van der Waals surface area contributed by atoms with Crippen LogP contribution in [0, 0.1) is 22.6 Å². The maximum atomic E-state index is 15.2. The van der Waals surface area contributed by atoms with Crippen molar-refractivity contribution in [1.29, 1.82) is 0 Å². The fourth-order valence-corrected chi connectivity index (χ4v) is 7.23. The van der Waals surface area contributed by atoms with Crippen LogP contribution in [0.2, 0.25) is 0 Å². The molecular formula is C30H28FN5O3. The summed E-state index contributed by atoms with van der Waals surface area (Å²) in [5, 5.41) is 16.6. The molecule has 3 saturated carbocycles. The number of nitrogens with zero attached hydrogens (tertiary/aromatic N) is 2. The Balaban J connectivity index is 1.09. The maximum absolute atomic E-state index is 15.2. The molecule has 3 fully saturated rings. The van der Waals surface area contributed by atoms with E-state index >= 15 is 4.39 Å². The molecule has 39 heavy (non-hydrogen) atoms. The predicted molar refractivity (Wildman–Crippen MR) is 144 cm³/mol. The van der Waals surface area contributed by atoms with Crippen molar-refractivity contribution in [1.82, 2.24) is 15.0 Å². The van der Waals surface area contributed by atoms with Gasteiger partial charge in [-0.25, -0.2) is 14.4 Å². The van der Waals surface area contributed by atoms with E-state index in [1.54, 1.807) is 54.7 Å². The van der Waals surface area contributed by atoms with Crippen LogP contribution < -0.4 is 10.6 Å². The second kappa shape index (κ2) is 8.19. The van der Waals surface area contributed by atoms with Crippen molar-refractivity contribution in [2.75, 3.05) is 10.6 Å². The number of nitrogens with one attached hydrogen (secondary N) is 3. The zero-order valence-corrected chi connectivity index (χ0v) is 21.4. The molecular weight excluding hydrogens is 497 g/mol. The second-order valence-electron chi connectivity index (χ2n) is 11.9. The number of hydrogen-bond donors (Lipinski definition) is 4. The lowest BCUT2D eigenvalue weighted by Crippen LogP contribution is -2.47. The van der Waals surface area contributed by atoms with Crippen molar-refractivity contribution in [2.45, 2.75) is 44.6 Å². The predicted octanol–water partition coefficient (Wildman–Crippen LogP) is 5.29. The van der Waals surface area contributed by atoms with Crippen molar-refractivity contribution in [3.8, 4) is 11.4 Å². The zero-order chi connectivity index (χ0) is 27.0. The molecule has 0 radical (unpaired) electrons. The Morgan fingerprint density at radius 3 is 2.69 bits per heavy atom. The third-order valence-corrected chi connectivity index (χ3v) is 8.81. The van der Waals surface area contributed by atoms with E-state index < -0.39 is 16.8 Å². The highest BCUT2D eigenvalue weighted by molar-refractivity contribution is 6.05. The highest BCUT2D eigenvalue weighted by atomic mass is 19.1. The summed E-state index contributed by atoms with van der Waals surface area (Å²) in [6.45, 7) is 1.92. The molecule has 4 aromatic rings. The molecule has 4 N–H and O–H groups in total. The second-order valence-corrected chi connectivity index (χ2v) is 11.9. The van der Waals surface area contributed by atoms with Crippen LogP contribution in [0.25, 0.3) is 22.4 Å². The van der Waals surface area contributed by atoms with Crippen LogP contribution in [-0.4, -0.2) is 37.5 Å². The monoisotopic (exact) mass is 525 g/mol. The summed E-state index contributed by atoms with van der Waals surface area (Å²) >= 11 is 0. The van der Waals surface area contributed by atoms with Gasteiger partial charge in [0.2, 0.25) is 5.91 Å². The third kappa shape index (κ3) is 4.08. The highest BCUT2D eigenvalue weighted by Crippen LogP contribution is 2.75. The largest absolute Gasteiger partial charge is 0.390 e. The Kier molecular flexibility index (Phi) is 5.04. The van der Waals surface area contributed by atoms with E-state index in [9.17, 15) is 14.7 Å². The van der Waals surface area contributed by atoms with E-state index in [1.165, 1.54) is 6.07 Å². The first-order valence-corrected chi connectivity index (χ1v) is 13.2. The molecule has 2 heterocycles. The van der Waals surface area contributed by atoms with Crippen LogP contribution in [0.5, 0.6) is 0 Å². The minimum atomic E-state index is -0.761. The topological polar surface area (TPSA) is 120 Å². The summed E-state index contributed by atoms with van der Waals surface area (Å²) in [5.41, 5.74) is 0.858. The summed E-state index contributed by atoms with van der Waals surface area (Å²) in [7, 11) is 0. The van der Waals surface area contributed by atoms with Crippen LogP contribution in [0.3, 0.4) is 0 Å². The van der Waals surface area contributed by atoms with E-state index in [1.807, 2.05) is 6.92 Å². The van der Waals surface area contributed by atoms with Gasteiger partial charge in [-0.1, -0.05) is 13.0 Å². The number of hydrogen-bond acceptors (Lipinski definition) is 5. The van der Waals surface area contributed by atoms with E-state index in [4.69, 9.17) is 0 Å². The molecule has 198 valence electrons. The van der Waals surface area contributed by atoms with Crippen LogP contribution in [0.1, 0.15) is 49.4 Å². The van der Waals surface area contributed by atoms with E-state index in [0.29, 0.717) is 46.3 Å².